The number of rotatable bonds is 6. The smallest absolute Gasteiger partial charge is 0.291 e. The first-order valence-corrected chi connectivity index (χ1v) is 6.98. The minimum absolute atomic E-state index is 0.0930. The van der Waals surface area contributed by atoms with Crippen LogP contribution in [0.25, 0.3) is 0 Å². The van der Waals surface area contributed by atoms with Gasteiger partial charge in [0.2, 0.25) is 11.7 Å². The molecule has 0 spiro atoms. The van der Waals surface area contributed by atoms with Crippen LogP contribution in [0.1, 0.15) is 56.0 Å². The Labute approximate surface area is 117 Å². The van der Waals surface area contributed by atoms with Crippen LogP contribution in [-0.4, -0.2) is 39.6 Å². The molecule has 1 heterocycles. The summed E-state index contributed by atoms with van der Waals surface area (Å²) in [6.45, 7) is 6.25. The molecule has 2 rings (SSSR count). The summed E-state index contributed by atoms with van der Waals surface area (Å²) >= 11 is 0. The van der Waals surface area contributed by atoms with Crippen LogP contribution < -0.4 is 10.6 Å². The van der Waals surface area contributed by atoms with Gasteiger partial charge in [-0.05, 0) is 25.7 Å². The number of carbonyl (C=O) groups excluding carboxylic acids is 2. The summed E-state index contributed by atoms with van der Waals surface area (Å²) < 4.78 is 0. The quantitative estimate of drug-likeness (QED) is 0.709. The van der Waals surface area contributed by atoms with E-state index in [2.05, 4.69) is 25.8 Å². The third-order valence-corrected chi connectivity index (χ3v) is 3.10. The number of nitrogens with zero attached hydrogens (tertiary/aromatic N) is 2. The Hall–Kier alpha value is -1.92. The van der Waals surface area contributed by atoms with E-state index in [4.69, 9.17) is 0 Å². The molecule has 1 aromatic heterocycles. The Balaban J connectivity index is 1.84. The van der Waals surface area contributed by atoms with Gasteiger partial charge < -0.3 is 10.6 Å². The minimum atomic E-state index is -0.607. The van der Waals surface area contributed by atoms with E-state index >= 15 is 0 Å². The van der Waals surface area contributed by atoms with Crippen molar-refractivity contribution in [3.05, 3.63) is 11.6 Å². The van der Waals surface area contributed by atoms with Crippen molar-refractivity contribution in [2.75, 3.05) is 6.54 Å². The molecule has 1 saturated carbocycles. The molecule has 0 aliphatic heterocycles. The molecule has 1 aromatic rings. The fourth-order valence-electron chi connectivity index (χ4n) is 1.70. The predicted octanol–water partition coefficient (Wildman–Crippen LogP) is 0.573. The molecule has 110 valence electrons. The average Bonchev–Trinajstić information content (AvgIpc) is 3.13. The number of H-pyrrole nitrogens is 1. The number of aromatic amines is 1. The molecule has 7 nitrogen and oxygen atoms in total. The van der Waals surface area contributed by atoms with Gasteiger partial charge in [0, 0.05) is 12.5 Å². The Bertz CT molecular complexity index is 493. The monoisotopic (exact) mass is 279 g/mol. The lowest BCUT2D eigenvalue weighted by Gasteiger charge is -2.14. The first-order chi connectivity index (χ1) is 9.47. The maximum atomic E-state index is 11.9. The van der Waals surface area contributed by atoms with E-state index in [-0.39, 0.29) is 11.7 Å². The van der Waals surface area contributed by atoms with Crippen molar-refractivity contribution in [3.63, 3.8) is 0 Å². The Morgan fingerprint density at radius 3 is 2.65 bits per heavy atom. The summed E-state index contributed by atoms with van der Waals surface area (Å²) in [6, 6.07) is -0.607. The highest BCUT2D eigenvalue weighted by Gasteiger charge is 2.28. The number of carbonyl (C=O) groups is 2. The molecule has 0 aromatic carbocycles. The molecule has 7 heteroatoms. The van der Waals surface area contributed by atoms with Crippen molar-refractivity contribution >= 4 is 11.8 Å². The fourth-order valence-corrected chi connectivity index (χ4v) is 1.70. The van der Waals surface area contributed by atoms with Crippen molar-refractivity contribution < 1.29 is 9.59 Å². The zero-order valence-corrected chi connectivity index (χ0v) is 12.1. The first kappa shape index (κ1) is 14.5. The summed E-state index contributed by atoms with van der Waals surface area (Å²) in [7, 11) is 0. The van der Waals surface area contributed by atoms with Gasteiger partial charge in [-0.1, -0.05) is 13.8 Å². The normalized spacial score (nSPS) is 16.0. The van der Waals surface area contributed by atoms with E-state index in [1.54, 1.807) is 6.92 Å². The average molecular weight is 279 g/mol. The zero-order chi connectivity index (χ0) is 14.7. The summed E-state index contributed by atoms with van der Waals surface area (Å²) in [5, 5.41) is 12.0. The summed E-state index contributed by atoms with van der Waals surface area (Å²) in [6.07, 6.45) is 2.18. The Morgan fingerprint density at radius 1 is 1.35 bits per heavy atom. The third kappa shape index (κ3) is 3.79. The molecule has 1 unspecified atom stereocenters. The lowest BCUT2D eigenvalue weighted by atomic mass is 10.2. The van der Waals surface area contributed by atoms with Crippen LogP contribution in [0.5, 0.6) is 0 Å². The molecule has 20 heavy (non-hydrogen) atoms. The second-order valence-electron chi connectivity index (χ2n) is 5.65. The van der Waals surface area contributed by atoms with Gasteiger partial charge in [0.15, 0.2) is 0 Å². The lowest BCUT2D eigenvalue weighted by Crippen LogP contribution is -2.45. The maximum absolute atomic E-state index is 11.9. The summed E-state index contributed by atoms with van der Waals surface area (Å²) in [5.74, 6) is 1.000. The molecule has 1 atom stereocenters. The van der Waals surface area contributed by atoms with E-state index in [0.717, 1.165) is 18.7 Å². The van der Waals surface area contributed by atoms with E-state index in [0.29, 0.717) is 18.4 Å². The van der Waals surface area contributed by atoms with Crippen molar-refractivity contribution in [2.24, 2.45) is 5.92 Å². The second-order valence-corrected chi connectivity index (χ2v) is 5.65. The van der Waals surface area contributed by atoms with Crippen molar-refractivity contribution in [1.82, 2.24) is 25.8 Å². The predicted molar refractivity (Wildman–Crippen MR) is 73.1 cm³/mol. The highest BCUT2D eigenvalue weighted by Crippen LogP contribution is 2.37. The Morgan fingerprint density at radius 2 is 2.05 bits per heavy atom. The topological polar surface area (TPSA) is 99.8 Å². The van der Waals surface area contributed by atoms with Gasteiger partial charge in [-0.15, -0.1) is 5.10 Å². The number of amides is 2. The van der Waals surface area contributed by atoms with Crippen LogP contribution in [-0.2, 0) is 4.79 Å². The molecule has 2 amide bonds. The van der Waals surface area contributed by atoms with Crippen LogP contribution in [0.3, 0.4) is 0 Å². The fraction of sp³-hybridized carbons (Fsp3) is 0.692. The van der Waals surface area contributed by atoms with Crippen LogP contribution in [0.2, 0.25) is 0 Å². The highest BCUT2D eigenvalue weighted by atomic mass is 16.2. The van der Waals surface area contributed by atoms with Crippen LogP contribution in [0.15, 0.2) is 0 Å². The van der Waals surface area contributed by atoms with E-state index < -0.39 is 11.9 Å². The number of nitrogens with one attached hydrogen (secondary N) is 3. The summed E-state index contributed by atoms with van der Waals surface area (Å²) in [5.41, 5.74) is 0. The van der Waals surface area contributed by atoms with E-state index in [1.165, 1.54) is 0 Å². The standard InChI is InChI=1S/C13H21N5O2/c1-7(2)6-14-12(19)8(3)15-13(20)11-16-10(17-18-11)9-4-5-9/h7-9H,4-6H2,1-3H3,(H,14,19)(H,15,20)(H,16,17,18). The molecule has 0 radical (unpaired) electrons. The van der Waals surface area contributed by atoms with Gasteiger partial charge in [-0.2, -0.15) is 0 Å². The van der Waals surface area contributed by atoms with E-state index in [9.17, 15) is 9.59 Å². The molecule has 1 fully saturated rings. The third-order valence-electron chi connectivity index (χ3n) is 3.10. The van der Waals surface area contributed by atoms with Crippen LogP contribution in [0.4, 0.5) is 0 Å². The number of aromatic nitrogens is 3. The van der Waals surface area contributed by atoms with Gasteiger partial charge in [-0.25, -0.2) is 4.98 Å². The molecule has 0 saturated heterocycles. The first-order valence-electron chi connectivity index (χ1n) is 6.98. The lowest BCUT2D eigenvalue weighted by molar-refractivity contribution is -0.122. The maximum Gasteiger partial charge on any atom is 0.291 e. The largest absolute Gasteiger partial charge is 0.354 e. The molecule has 0 bridgehead atoms. The number of hydrogen-bond acceptors (Lipinski definition) is 4. The molecule has 1 aliphatic rings. The molecule has 1 aliphatic carbocycles. The zero-order valence-electron chi connectivity index (χ0n) is 12.1. The van der Waals surface area contributed by atoms with Crippen LogP contribution >= 0.6 is 0 Å². The van der Waals surface area contributed by atoms with Crippen molar-refractivity contribution in [2.45, 2.75) is 45.6 Å². The van der Waals surface area contributed by atoms with Gasteiger partial charge in [0.1, 0.15) is 11.9 Å². The van der Waals surface area contributed by atoms with Crippen LogP contribution in [0, 0.1) is 5.92 Å². The minimum Gasteiger partial charge on any atom is -0.354 e. The molecular formula is C13H21N5O2. The van der Waals surface area contributed by atoms with Crippen molar-refractivity contribution in [1.29, 1.82) is 0 Å². The van der Waals surface area contributed by atoms with Crippen molar-refractivity contribution in [3.8, 4) is 0 Å². The molecular weight excluding hydrogens is 258 g/mol. The summed E-state index contributed by atoms with van der Waals surface area (Å²) in [4.78, 5) is 27.8. The molecule has 3 N–H and O–H groups in total. The SMILES string of the molecule is CC(C)CNC(=O)C(C)NC(=O)c1n[nH]c(C2CC2)n1. The second kappa shape index (κ2) is 6.02. The van der Waals surface area contributed by atoms with Gasteiger partial charge in [-0.3, -0.25) is 14.7 Å². The van der Waals surface area contributed by atoms with Gasteiger partial charge in [0.25, 0.3) is 5.91 Å². The van der Waals surface area contributed by atoms with Gasteiger partial charge in [0.05, 0.1) is 0 Å². The number of hydrogen-bond donors (Lipinski definition) is 3. The Kier molecular flexibility index (Phi) is 4.36. The highest BCUT2D eigenvalue weighted by molar-refractivity contribution is 5.94. The van der Waals surface area contributed by atoms with E-state index in [1.807, 2.05) is 13.8 Å². The van der Waals surface area contributed by atoms with Gasteiger partial charge >= 0.3 is 0 Å².